The van der Waals surface area contributed by atoms with E-state index in [9.17, 15) is 9.59 Å². The van der Waals surface area contributed by atoms with Gasteiger partial charge in [-0.25, -0.2) is 4.79 Å². The number of benzene rings is 1. The second kappa shape index (κ2) is 9.58. The van der Waals surface area contributed by atoms with Gasteiger partial charge in [0, 0.05) is 22.7 Å². The molecule has 0 saturated carbocycles. The van der Waals surface area contributed by atoms with Crippen molar-refractivity contribution in [3.8, 4) is 11.8 Å². The summed E-state index contributed by atoms with van der Waals surface area (Å²) in [6.07, 6.45) is 2.97. The molecule has 6 nitrogen and oxygen atoms in total. The zero-order valence-corrected chi connectivity index (χ0v) is 13.6. The van der Waals surface area contributed by atoms with Crippen LogP contribution in [0.3, 0.4) is 0 Å². The molecule has 0 spiro atoms. The Hall–Kier alpha value is -2.33. The largest absolute Gasteiger partial charge is 0.496 e. The lowest BCUT2D eigenvalue weighted by atomic mass is 10.2. The molecule has 1 rings (SSSR count). The summed E-state index contributed by atoms with van der Waals surface area (Å²) < 4.78 is 10.8. The van der Waals surface area contributed by atoms with Gasteiger partial charge in [0.15, 0.2) is 6.61 Å². The number of rotatable bonds is 7. The van der Waals surface area contributed by atoms with Crippen molar-refractivity contribution >= 4 is 33.9 Å². The topological polar surface area (TPSA) is 88.4 Å². The number of nitrogens with zero attached hydrogens (tertiary/aromatic N) is 1. The molecule has 0 heterocycles. The first-order valence-electron chi connectivity index (χ1n) is 6.39. The first kappa shape index (κ1) is 17.7. The van der Waals surface area contributed by atoms with Gasteiger partial charge in [-0.2, -0.15) is 5.26 Å². The van der Waals surface area contributed by atoms with Gasteiger partial charge in [0.1, 0.15) is 5.75 Å². The normalized spacial score (nSPS) is 10.0. The summed E-state index contributed by atoms with van der Waals surface area (Å²) in [5.41, 5.74) is 0.701. The van der Waals surface area contributed by atoms with Gasteiger partial charge in [-0.3, -0.25) is 4.79 Å². The highest BCUT2D eigenvalue weighted by atomic mass is 79.9. The van der Waals surface area contributed by atoms with E-state index < -0.39 is 11.9 Å². The molecule has 116 valence electrons. The highest BCUT2D eigenvalue weighted by Gasteiger charge is 2.05. The van der Waals surface area contributed by atoms with Crippen LogP contribution in [0.2, 0.25) is 0 Å². The highest BCUT2D eigenvalue weighted by molar-refractivity contribution is 9.10. The van der Waals surface area contributed by atoms with Crippen LogP contribution in [0.4, 0.5) is 0 Å². The Labute approximate surface area is 136 Å². The highest BCUT2D eigenvalue weighted by Crippen LogP contribution is 2.24. The number of carbonyl (C=O) groups excluding carboxylic acids is 2. The van der Waals surface area contributed by atoms with Crippen molar-refractivity contribution in [2.24, 2.45) is 0 Å². The number of hydrogen-bond donors (Lipinski definition) is 1. The van der Waals surface area contributed by atoms with Crippen LogP contribution in [0.1, 0.15) is 12.0 Å². The number of nitrogens with one attached hydrogen (secondary N) is 1. The third kappa shape index (κ3) is 6.41. The van der Waals surface area contributed by atoms with Crippen LogP contribution in [0.5, 0.6) is 5.75 Å². The Morgan fingerprint density at radius 2 is 2.23 bits per heavy atom. The standard InChI is InChI=1S/C15H15BrN2O4/c1-21-13-5-4-12(16)9-11(13)3-6-15(20)22-10-14(19)18-8-2-7-17/h3-6,9H,2,8,10H2,1H3,(H,18,19)/b6-3+. The number of hydrogen-bond acceptors (Lipinski definition) is 5. The summed E-state index contributed by atoms with van der Waals surface area (Å²) in [4.78, 5) is 22.8. The molecule has 0 unspecified atom stereocenters. The van der Waals surface area contributed by atoms with Gasteiger partial charge in [0.25, 0.3) is 5.91 Å². The van der Waals surface area contributed by atoms with Crippen LogP contribution in [0.25, 0.3) is 6.08 Å². The van der Waals surface area contributed by atoms with Crippen molar-refractivity contribution in [2.75, 3.05) is 20.3 Å². The smallest absolute Gasteiger partial charge is 0.331 e. The molecule has 0 aliphatic rings. The number of methoxy groups -OCH3 is 1. The zero-order chi connectivity index (χ0) is 16.4. The lowest BCUT2D eigenvalue weighted by Crippen LogP contribution is -2.29. The summed E-state index contributed by atoms with van der Waals surface area (Å²) in [6.45, 7) is -0.151. The molecule has 0 fully saturated rings. The molecule has 22 heavy (non-hydrogen) atoms. The number of esters is 1. The van der Waals surface area contributed by atoms with E-state index >= 15 is 0 Å². The first-order valence-corrected chi connectivity index (χ1v) is 7.18. The Morgan fingerprint density at radius 3 is 2.91 bits per heavy atom. The summed E-state index contributed by atoms with van der Waals surface area (Å²) in [7, 11) is 1.53. The molecule has 1 aromatic carbocycles. The van der Waals surface area contributed by atoms with Crippen molar-refractivity contribution in [3.63, 3.8) is 0 Å². The van der Waals surface area contributed by atoms with E-state index in [0.717, 1.165) is 4.47 Å². The van der Waals surface area contributed by atoms with E-state index in [0.29, 0.717) is 11.3 Å². The molecule has 1 amide bonds. The molecule has 1 aromatic rings. The minimum atomic E-state index is -0.641. The van der Waals surface area contributed by atoms with Crippen LogP contribution in [0, 0.1) is 11.3 Å². The summed E-state index contributed by atoms with van der Waals surface area (Å²) >= 11 is 3.33. The van der Waals surface area contributed by atoms with E-state index in [4.69, 9.17) is 14.7 Å². The zero-order valence-electron chi connectivity index (χ0n) is 12.0. The van der Waals surface area contributed by atoms with Crippen LogP contribution >= 0.6 is 15.9 Å². The summed E-state index contributed by atoms with van der Waals surface area (Å²) in [6, 6.07) is 7.26. The Bertz CT molecular complexity index is 608. The predicted octanol–water partition coefficient (Wildman–Crippen LogP) is 2.04. The van der Waals surface area contributed by atoms with Crippen LogP contribution in [-0.2, 0) is 14.3 Å². The van der Waals surface area contributed by atoms with Gasteiger partial charge < -0.3 is 14.8 Å². The lowest BCUT2D eigenvalue weighted by Gasteiger charge is -2.05. The number of ether oxygens (including phenoxy) is 2. The number of nitriles is 1. The molecule has 0 saturated heterocycles. The van der Waals surface area contributed by atoms with Gasteiger partial charge in [-0.15, -0.1) is 0 Å². The minimum absolute atomic E-state index is 0.211. The predicted molar refractivity (Wildman–Crippen MR) is 83.9 cm³/mol. The van der Waals surface area contributed by atoms with Gasteiger partial charge in [0.05, 0.1) is 19.6 Å². The third-order valence-electron chi connectivity index (χ3n) is 2.50. The third-order valence-corrected chi connectivity index (χ3v) is 2.99. The molecule has 0 aromatic heterocycles. The van der Waals surface area contributed by atoms with E-state index in [2.05, 4.69) is 21.2 Å². The first-order chi connectivity index (χ1) is 10.6. The molecule has 1 N–H and O–H groups in total. The van der Waals surface area contributed by atoms with E-state index in [1.807, 2.05) is 12.1 Å². The molecule has 0 radical (unpaired) electrons. The van der Waals surface area contributed by atoms with Gasteiger partial charge in [0.2, 0.25) is 0 Å². The van der Waals surface area contributed by atoms with E-state index in [-0.39, 0.29) is 19.6 Å². The fourth-order valence-electron chi connectivity index (χ4n) is 1.49. The molecule has 0 aliphatic carbocycles. The number of halogens is 1. The van der Waals surface area contributed by atoms with Crippen LogP contribution in [-0.4, -0.2) is 32.1 Å². The van der Waals surface area contributed by atoms with Crippen molar-refractivity contribution in [1.82, 2.24) is 5.32 Å². The average Bonchev–Trinajstić information content (AvgIpc) is 2.51. The fraction of sp³-hybridized carbons (Fsp3) is 0.267. The fourth-order valence-corrected chi connectivity index (χ4v) is 1.87. The van der Waals surface area contributed by atoms with E-state index in [1.54, 1.807) is 18.2 Å². The van der Waals surface area contributed by atoms with Crippen LogP contribution < -0.4 is 10.1 Å². The van der Waals surface area contributed by atoms with E-state index in [1.165, 1.54) is 13.2 Å². The summed E-state index contributed by atoms with van der Waals surface area (Å²) in [5.74, 6) is -0.476. The van der Waals surface area contributed by atoms with Crippen molar-refractivity contribution in [3.05, 3.63) is 34.3 Å². The Kier molecular flexibility index (Phi) is 7.72. The molecule has 0 aliphatic heterocycles. The number of amides is 1. The Morgan fingerprint density at radius 1 is 1.45 bits per heavy atom. The minimum Gasteiger partial charge on any atom is -0.496 e. The maximum atomic E-state index is 11.5. The molecule has 0 atom stereocenters. The van der Waals surface area contributed by atoms with Gasteiger partial charge >= 0.3 is 5.97 Å². The second-order valence-corrected chi connectivity index (χ2v) is 5.00. The maximum absolute atomic E-state index is 11.5. The number of carbonyl (C=O) groups is 2. The SMILES string of the molecule is COc1ccc(Br)cc1/C=C/C(=O)OCC(=O)NCCC#N. The Balaban J connectivity index is 2.50. The maximum Gasteiger partial charge on any atom is 0.331 e. The van der Waals surface area contributed by atoms with Crippen LogP contribution in [0.15, 0.2) is 28.7 Å². The van der Waals surface area contributed by atoms with Crippen molar-refractivity contribution < 1.29 is 19.1 Å². The summed E-state index contributed by atoms with van der Waals surface area (Å²) in [5, 5.41) is 10.8. The second-order valence-electron chi connectivity index (χ2n) is 4.09. The lowest BCUT2D eigenvalue weighted by molar-refractivity contribution is -0.143. The molecular formula is C15H15BrN2O4. The monoisotopic (exact) mass is 366 g/mol. The molecule has 0 bridgehead atoms. The van der Waals surface area contributed by atoms with Gasteiger partial charge in [-0.05, 0) is 24.3 Å². The molecular weight excluding hydrogens is 352 g/mol. The van der Waals surface area contributed by atoms with Gasteiger partial charge in [-0.1, -0.05) is 15.9 Å². The van der Waals surface area contributed by atoms with Crippen molar-refractivity contribution in [1.29, 1.82) is 5.26 Å². The molecule has 7 heteroatoms. The quantitative estimate of drug-likeness (QED) is 0.453. The van der Waals surface area contributed by atoms with Crippen molar-refractivity contribution in [2.45, 2.75) is 6.42 Å². The average molecular weight is 367 g/mol.